The van der Waals surface area contributed by atoms with Gasteiger partial charge in [0.25, 0.3) is 5.69 Å². The van der Waals surface area contributed by atoms with Gasteiger partial charge >= 0.3 is 12.0 Å². The smallest absolute Gasteiger partial charge is 0.344 e. The molecule has 0 radical (unpaired) electrons. The molecule has 0 bridgehead atoms. The molecule has 0 saturated carbocycles. The third-order valence-corrected chi connectivity index (χ3v) is 5.66. The van der Waals surface area contributed by atoms with E-state index in [-0.39, 0.29) is 30.3 Å². The zero-order valence-corrected chi connectivity index (χ0v) is 18.9. The Morgan fingerprint density at radius 1 is 1.26 bits per heavy atom. The summed E-state index contributed by atoms with van der Waals surface area (Å²) < 4.78 is 0. The third-order valence-electron chi connectivity index (χ3n) is 5.66. The molecular weight excluding hydrogens is 454 g/mol. The van der Waals surface area contributed by atoms with Crippen LogP contribution < -0.4 is 5.32 Å². The molecule has 3 rings (SSSR count). The second-order valence-electron chi connectivity index (χ2n) is 7.99. The van der Waals surface area contributed by atoms with Crippen LogP contribution in [0.25, 0.3) is 0 Å². The zero-order chi connectivity index (χ0) is 25.5. The number of benzene rings is 2. The van der Waals surface area contributed by atoms with Gasteiger partial charge in [-0.25, -0.2) is 9.79 Å². The van der Waals surface area contributed by atoms with E-state index in [1.165, 1.54) is 36.1 Å². The molecule has 0 saturated heterocycles. The number of nitriles is 1. The Hall–Kier alpha value is -4.43. The molecule has 180 valence electrons. The lowest BCUT2D eigenvalue weighted by atomic mass is 9.86. The molecular formula is C24H23N5O6. The number of aliphatic carboxylic acids is 1. The number of carbonyl (C=O) groups is 3. The number of urea groups is 1. The highest BCUT2D eigenvalue weighted by Crippen LogP contribution is 2.35. The lowest BCUT2D eigenvalue weighted by Gasteiger charge is -2.37. The number of Topliss-reactive ketones (excluding diaryl/α,β-unsaturated/α-hetero) is 1. The van der Waals surface area contributed by atoms with E-state index in [9.17, 15) is 29.6 Å². The summed E-state index contributed by atoms with van der Waals surface area (Å²) in [6.45, 7) is 1.94. The molecule has 1 heterocycles. The molecule has 2 aromatic rings. The van der Waals surface area contributed by atoms with Crippen molar-refractivity contribution in [2.24, 2.45) is 10.9 Å². The van der Waals surface area contributed by atoms with Gasteiger partial charge in [0.1, 0.15) is 5.92 Å². The number of hydrogen-bond acceptors (Lipinski definition) is 7. The van der Waals surface area contributed by atoms with Crippen LogP contribution >= 0.6 is 0 Å². The molecule has 0 aliphatic carbocycles. The highest BCUT2D eigenvalue weighted by molar-refractivity contribution is 6.07. The molecule has 0 spiro atoms. The van der Waals surface area contributed by atoms with Gasteiger partial charge in [0, 0.05) is 30.0 Å². The number of nitro benzene ring substituents is 1. The van der Waals surface area contributed by atoms with Gasteiger partial charge < -0.3 is 15.3 Å². The standard InChI is InChI=1S/C24H23N5O6/c1-15-21(23(31)32)22(18-7-3-8-19(12-18)29(34)35)28(24(33)27-15)10-4-9-26-14-20(30)17-6-2-5-16(11-17)13-25/h2-3,5-8,11-12,21-22,26H,4,9-10,14H2,1H3,(H,31,32). The largest absolute Gasteiger partial charge is 0.481 e. The number of ketones is 1. The lowest BCUT2D eigenvalue weighted by Crippen LogP contribution is -2.47. The fourth-order valence-corrected chi connectivity index (χ4v) is 4.00. The molecule has 1 aliphatic rings. The van der Waals surface area contributed by atoms with Crippen LogP contribution in [0.1, 0.15) is 40.9 Å². The average Bonchev–Trinajstić information content (AvgIpc) is 2.84. The maximum Gasteiger partial charge on any atom is 0.344 e. The molecule has 1 aliphatic heterocycles. The number of nitrogens with one attached hydrogen (secondary N) is 1. The Kier molecular flexibility index (Phi) is 8.01. The van der Waals surface area contributed by atoms with Crippen molar-refractivity contribution in [2.75, 3.05) is 19.6 Å². The lowest BCUT2D eigenvalue weighted by molar-refractivity contribution is -0.385. The van der Waals surface area contributed by atoms with Crippen LogP contribution in [-0.4, -0.2) is 58.1 Å². The molecule has 0 aromatic heterocycles. The van der Waals surface area contributed by atoms with Crippen LogP contribution in [0, 0.1) is 27.4 Å². The van der Waals surface area contributed by atoms with Gasteiger partial charge in [0.05, 0.1) is 29.1 Å². The average molecular weight is 477 g/mol. The molecule has 2 atom stereocenters. The molecule has 2 amide bonds. The van der Waals surface area contributed by atoms with E-state index in [0.717, 1.165) is 0 Å². The Morgan fingerprint density at radius 2 is 2.00 bits per heavy atom. The van der Waals surface area contributed by atoms with E-state index < -0.39 is 28.9 Å². The van der Waals surface area contributed by atoms with Gasteiger partial charge in [-0.2, -0.15) is 5.26 Å². The maximum atomic E-state index is 12.7. The number of amides is 2. The van der Waals surface area contributed by atoms with E-state index in [2.05, 4.69) is 10.3 Å². The first-order valence-corrected chi connectivity index (χ1v) is 10.8. The highest BCUT2D eigenvalue weighted by atomic mass is 16.6. The number of hydrogen-bond donors (Lipinski definition) is 2. The van der Waals surface area contributed by atoms with E-state index in [1.54, 1.807) is 24.3 Å². The Balaban J connectivity index is 1.70. The summed E-state index contributed by atoms with van der Waals surface area (Å²) in [5.41, 5.74) is 1.03. The fraction of sp³-hybridized carbons (Fsp3) is 0.292. The molecule has 35 heavy (non-hydrogen) atoms. The van der Waals surface area contributed by atoms with Crippen molar-refractivity contribution in [3.63, 3.8) is 0 Å². The summed E-state index contributed by atoms with van der Waals surface area (Å²) in [7, 11) is 0. The number of non-ortho nitro benzene ring substituents is 1. The number of nitro groups is 1. The van der Waals surface area contributed by atoms with Gasteiger partial charge in [0.2, 0.25) is 0 Å². The first-order chi connectivity index (χ1) is 16.7. The maximum absolute atomic E-state index is 12.7. The molecule has 2 aromatic carbocycles. The summed E-state index contributed by atoms with van der Waals surface area (Å²) >= 11 is 0. The van der Waals surface area contributed by atoms with Crippen LogP contribution in [0.4, 0.5) is 10.5 Å². The van der Waals surface area contributed by atoms with E-state index in [1.807, 2.05) is 6.07 Å². The zero-order valence-electron chi connectivity index (χ0n) is 18.9. The summed E-state index contributed by atoms with van der Waals surface area (Å²) in [5, 5.41) is 33.0. The van der Waals surface area contributed by atoms with Crippen molar-refractivity contribution in [3.8, 4) is 6.07 Å². The Bertz CT molecular complexity index is 1230. The molecule has 11 nitrogen and oxygen atoms in total. The van der Waals surface area contributed by atoms with Crippen molar-refractivity contribution < 1.29 is 24.4 Å². The number of carboxylic acids is 1. The summed E-state index contributed by atoms with van der Waals surface area (Å²) in [4.78, 5) is 52.9. The van der Waals surface area contributed by atoms with E-state index in [4.69, 9.17) is 5.26 Å². The molecule has 2 N–H and O–H groups in total. The van der Waals surface area contributed by atoms with Crippen molar-refractivity contribution in [1.29, 1.82) is 5.26 Å². The minimum absolute atomic E-state index is 0.0200. The quantitative estimate of drug-likeness (QED) is 0.228. The molecule has 11 heteroatoms. The highest BCUT2D eigenvalue weighted by Gasteiger charge is 2.42. The van der Waals surface area contributed by atoms with Gasteiger partial charge in [-0.3, -0.25) is 19.7 Å². The number of carboxylic acid groups (broad SMARTS) is 1. The van der Waals surface area contributed by atoms with Crippen LogP contribution in [0.5, 0.6) is 0 Å². The van der Waals surface area contributed by atoms with Crippen molar-refractivity contribution in [1.82, 2.24) is 10.2 Å². The van der Waals surface area contributed by atoms with E-state index >= 15 is 0 Å². The number of aliphatic imine (C=N–C) groups is 1. The second kappa shape index (κ2) is 11.1. The normalized spacial score (nSPS) is 17.4. The second-order valence-corrected chi connectivity index (χ2v) is 7.99. The van der Waals surface area contributed by atoms with Crippen LogP contribution in [-0.2, 0) is 4.79 Å². The first-order valence-electron chi connectivity index (χ1n) is 10.8. The summed E-state index contributed by atoms with van der Waals surface area (Å²) in [6, 6.07) is 12.3. The van der Waals surface area contributed by atoms with Gasteiger partial charge in [-0.05, 0) is 37.6 Å². The Morgan fingerprint density at radius 3 is 2.69 bits per heavy atom. The summed E-state index contributed by atoms with van der Waals surface area (Å²) in [6.07, 6.45) is 0.379. The first kappa shape index (κ1) is 25.2. The topological polar surface area (TPSA) is 166 Å². The number of nitrogens with zero attached hydrogens (tertiary/aromatic N) is 4. The molecule has 0 fully saturated rings. The van der Waals surface area contributed by atoms with E-state index in [0.29, 0.717) is 29.7 Å². The van der Waals surface area contributed by atoms with Crippen molar-refractivity contribution >= 4 is 29.2 Å². The monoisotopic (exact) mass is 477 g/mol. The Labute approximate surface area is 200 Å². The number of rotatable bonds is 10. The van der Waals surface area contributed by atoms with Crippen LogP contribution in [0.3, 0.4) is 0 Å². The van der Waals surface area contributed by atoms with Gasteiger partial charge in [0.15, 0.2) is 5.78 Å². The van der Waals surface area contributed by atoms with Gasteiger partial charge in [-0.15, -0.1) is 0 Å². The van der Waals surface area contributed by atoms with Crippen LogP contribution in [0.2, 0.25) is 0 Å². The third kappa shape index (κ3) is 5.93. The van der Waals surface area contributed by atoms with Gasteiger partial charge in [-0.1, -0.05) is 24.3 Å². The fourth-order valence-electron chi connectivity index (χ4n) is 4.00. The van der Waals surface area contributed by atoms with Crippen molar-refractivity contribution in [2.45, 2.75) is 19.4 Å². The minimum atomic E-state index is -1.19. The molecule has 2 unspecified atom stereocenters. The van der Waals surface area contributed by atoms with Crippen LogP contribution in [0.15, 0.2) is 53.5 Å². The predicted molar refractivity (Wildman–Crippen MR) is 125 cm³/mol. The van der Waals surface area contributed by atoms with Crippen molar-refractivity contribution in [3.05, 3.63) is 75.3 Å². The summed E-state index contributed by atoms with van der Waals surface area (Å²) in [5.74, 6) is -2.54. The predicted octanol–water partition coefficient (Wildman–Crippen LogP) is 2.97. The number of carbonyl (C=O) groups excluding carboxylic acids is 2. The SMILES string of the molecule is CC1=NC(=O)N(CCCNCC(=O)c2cccc(C#N)c2)C(c2cccc([N+](=O)[O-])c2)C1C(=O)O. The minimum Gasteiger partial charge on any atom is -0.481 e.